The van der Waals surface area contributed by atoms with Crippen LogP contribution in [-0.4, -0.2) is 22.1 Å². The minimum absolute atomic E-state index is 0.0366. The molecule has 1 N–H and O–H groups in total. The van der Waals surface area contributed by atoms with E-state index < -0.39 is 0 Å². The second kappa shape index (κ2) is 5.25. The number of aliphatic hydroxyl groups excluding tert-OH is 1. The second-order valence-corrected chi connectivity index (χ2v) is 4.63. The first-order valence-corrected chi connectivity index (χ1v) is 6.30. The highest BCUT2D eigenvalue weighted by molar-refractivity contribution is 7.07. The summed E-state index contributed by atoms with van der Waals surface area (Å²) in [5.41, 5.74) is 4.62. The van der Waals surface area contributed by atoms with E-state index in [0.717, 1.165) is 29.3 Å². The van der Waals surface area contributed by atoms with Crippen molar-refractivity contribution in [2.75, 3.05) is 11.9 Å². The molecule has 0 fully saturated rings. The Balaban J connectivity index is 2.14. The van der Waals surface area contributed by atoms with E-state index in [1.807, 2.05) is 41.9 Å². The van der Waals surface area contributed by atoms with Crippen molar-refractivity contribution >= 4 is 17.2 Å². The van der Waals surface area contributed by atoms with Crippen LogP contribution in [0.2, 0.25) is 0 Å². The first-order chi connectivity index (χ1) is 8.20. The lowest BCUT2D eigenvalue weighted by Crippen LogP contribution is -2.18. The molecule has 5 heteroatoms. The fourth-order valence-corrected chi connectivity index (χ4v) is 2.15. The Morgan fingerprint density at radius 1 is 1.41 bits per heavy atom. The molecule has 2 rings (SSSR count). The van der Waals surface area contributed by atoms with Crippen LogP contribution in [0.4, 0.5) is 5.82 Å². The summed E-state index contributed by atoms with van der Waals surface area (Å²) in [4.78, 5) is 10.8. The molecular formula is C12H15N3OS. The molecular weight excluding hydrogens is 234 g/mol. The lowest BCUT2D eigenvalue weighted by molar-refractivity contribution is 0.280. The van der Waals surface area contributed by atoms with Crippen molar-refractivity contribution in [3.8, 4) is 0 Å². The van der Waals surface area contributed by atoms with Gasteiger partial charge in [0.1, 0.15) is 5.82 Å². The summed E-state index contributed by atoms with van der Waals surface area (Å²) in [6.45, 7) is 2.69. The van der Waals surface area contributed by atoms with Gasteiger partial charge in [0.05, 0.1) is 24.4 Å². The maximum atomic E-state index is 9.09. The van der Waals surface area contributed by atoms with Gasteiger partial charge in [0, 0.05) is 18.1 Å². The Kier molecular flexibility index (Phi) is 3.71. The van der Waals surface area contributed by atoms with E-state index in [9.17, 15) is 0 Å². The predicted octanol–water partition coefficient (Wildman–Crippen LogP) is 1.98. The average Bonchev–Trinajstić information content (AvgIpc) is 2.81. The molecule has 2 aromatic rings. The van der Waals surface area contributed by atoms with Gasteiger partial charge in [-0.2, -0.15) is 0 Å². The molecule has 0 aliphatic heterocycles. The first-order valence-electron chi connectivity index (χ1n) is 5.36. The van der Waals surface area contributed by atoms with Crippen LogP contribution in [0.5, 0.6) is 0 Å². The van der Waals surface area contributed by atoms with Gasteiger partial charge in [0.15, 0.2) is 0 Å². The molecule has 0 amide bonds. The third kappa shape index (κ3) is 2.81. The fourth-order valence-electron chi connectivity index (χ4n) is 1.60. The summed E-state index contributed by atoms with van der Waals surface area (Å²) >= 11 is 1.59. The normalized spacial score (nSPS) is 10.5. The van der Waals surface area contributed by atoms with Gasteiger partial charge in [-0.3, -0.25) is 0 Å². The molecule has 0 atom stereocenters. The quantitative estimate of drug-likeness (QED) is 0.900. The number of anilines is 1. The molecule has 0 spiro atoms. The number of aliphatic hydroxyl groups is 1. The van der Waals surface area contributed by atoms with Gasteiger partial charge < -0.3 is 10.0 Å². The summed E-state index contributed by atoms with van der Waals surface area (Å²) in [5, 5.41) is 11.1. The summed E-state index contributed by atoms with van der Waals surface area (Å²) < 4.78 is 0. The highest BCUT2D eigenvalue weighted by Gasteiger charge is 2.07. The third-order valence-corrected chi connectivity index (χ3v) is 3.26. The number of pyridine rings is 1. The molecule has 0 aliphatic carbocycles. The summed E-state index contributed by atoms with van der Waals surface area (Å²) in [6.07, 6.45) is 0. The van der Waals surface area contributed by atoms with Crippen LogP contribution in [0, 0.1) is 6.92 Å². The lowest BCUT2D eigenvalue weighted by atomic mass is 10.2. The summed E-state index contributed by atoms with van der Waals surface area (Å²) in [6, 6.07) is 3.83. The molecule has 0 saturated heterocycles. The molecule has 0 saturated carbocycles. The van der Waals surface area contributed by atoms with Gasteiger partial charge in [-0.05, 0) is 18.6 Å². The molecule has 4 nitrogen and oxygen atoms in total. The number of thiazole rings is 1. The molecule has 2 aromatic heterocycles. The Bertz CT molecular complexity index is 485. The summed E-state index contributed by atoms with van der Waals surface area (Å²) in [7, 11) is 1.99. The zero-order valence-corrected chi connectivity index (χ0v) is 10.7. The van der Waals surface area contributed by atoms with Crippen molar-refractivity contribution in [1.82, 2.24) is 9.97 Å². The van der Waals surface area contributed by atoms with Gasteiger partial charge in [0.2, 0.25) is 0 Å². The van der Waals surface area contributed by atoms with Crippen LogP contribution >= 0.6 is 11.3 Å². The van der Waals surface area contributed by atoms with Gasteiger partial charge >= 0.3 is 0 Å². The lowest BCUT2D eigenvalue weighted by Gasteiger charge is -2.18. The van der Waals surface area contributed by atoms with Gasteiger partial charge in [-0.15, -0.1) is 11.3 Å². The SMILES string of the molecule is Cc1nc(N(C)Cc2cscn2)ccc1CO. The molecule has 2 heterocycles. The van der Waals surface area contributed by atoms with E-state index in [1.165, 1.54) is 0 Å². The van der Waals surface area contributed by atoms with Crippen molar-refractivity contribution in [1.29, 1.82) is 0 Å². The van der Waals surface area contributed by atoms with E-state index in [4.69, 9.17) is 5.11 Å². The van der Waals surface area contributed by atoms with E-state index in [-0.39, 0.29) is 6.61 Å². The smallest absolute Gasteiger partial charge is 0.128 e. The highest BCUT2D eigenvalue weighted by Crippen LogP contribution is 2.16. The van der Waals surface area contributed by atoms with Crippen LogP contribution in [0.1, 0.15) is 17.0 Å². The molecule has 17 heavy (non-hydrogen) atoms. The zero-order valence-electron chi connectivity index (χ0n) is 9.92. The topological polar surface area (TPSA) is 49.2 Å². The van der Waals surface area contributed by atoms with Crippen molar-refractivity contribution in [3.05, 3.63) is 40.0 Å². The molecule has 0 bridgehead atoms. The van der Waals surface area contributed by atoms with Crippen LogP contribution < -0.4 is 4.90 Å². The van der Waals surface area contributed by atoms with E-state index >= 15 is 0 Å². The Morgan fingerprint density at radius 2 is 2.24 bits per heavy atom. The zero-order chi connectivity index (χ0) is 12.3. The number of hydrogen-bond donors (Lipinski definition) is 1. The van der Waals surface area contributed by atoms with E-state index in [1.54, 1.807) is 11.3 Å². The van der Waals surface area contributed by atoms with Crippen LogP contribution in [0.3, 0.4) is 0 Å². The van der Waals surface area contributed by atoms with Crippen molar-refractivity contribution in [2.45, 2.75) is 20.1 Å². The van der Waals surface area contributed by atoms with Gasteiger partial charge in [-0.1, -0.05) is 6.07 Å². The number of rotatable bonds is 4. The van der Waals surface area contributed by atoms with E-state index in [0.29, 0.717) is 0 Å². The Morgan fingerprint density at radius 3 is 2.82 bits per heavy atom. The predicted molar refractivity (Wildman–Crippen MR) is 69.1 cm³/mol. The van der Waals surface area contributed by atoms with Crippen LogP contribution in [-0.2, 0) is 13.2 Å². The fraction of sp³-hybridized carbons (Fsp3) is 0.333. The Hall–Kier alpha value is -1.46. The van der Waals surface area contributed by atoms with E-state index in [2.05, 4.69) is 9.97 Å². The molecule has 0 unspecified atom stereocenters. The molecule has 0 radical (unpaired) electrons. The number of hydrogen-bond acceptors (Lipinski definition) is 5. The standard InChI is InChI=1S/C12H15N3OS/c1-9-10(6-16)3-4-12(14-9)15(2)5-11-7-17-8-13-11/h3-4,7-8,16H,5-6H2,1-2H3. The van der Waals surface area contributed by atoms with Gasteiger partial charge in [-0.25, -0.2) is 9.97 Å². The number of aryl methyl sites for hydroxylation is 1. The maximum Gasteiger partial charge on any atom is 0.128 e. The Labute approximate surface area is 105 Å². The van der Waals surface area contributed by atoms with Gasteiger partial charge in [0.25, 0.3) is 0 Å². The van der Waals surface area contributed by atoms with Crippen molar-refractivity contribution < 1.29 is 5.11 Å². The highest BCUT2D eigenvalue weighted by atomic mass is 32.1. The van der Waals surface area contributed by atoms with Crippen LogP contribution in [0.25, 0.3) is 0 Å². The molecule has 90 valence electrons. The second-order valence-electron chi connectivity index (χ2n) is 3.91. The van der Waals surface area contributed by atoms with Crippen LogP contribution in [0.15, 0.2) is 23.0 Å². The number of nitrogens with zero attached hydrogens (tertiary/aromatic N) is 3. The first kappa shape index (κ1) is 12.0. The molecule has 0 aromatic carbocycles. The minimum Gasteiger partial charge on any atom is -0.392 e. The van der Waals surface area contributed by atoms with Crippen molar-refractivity contribution in [3.63, 3.8) is 0 Å². The third-order valence-electron chi connectivity index (χ3n) is 2.62. The largest absolute Gasteiger partial charge is 0.392 e. The summed E-state index contributed by atoms with van der Waals surface area (Å²) in [5.74, 6) is 0.896. The number of aromatic nitrogens is 2. The minimum atomic E-state index is 0.0366. The average molecular weight is 249 g/mol. The maximum absolute atomic E-state index is 9.09. The molecule has 0 aliphatic rings. The monoisotopic (exact) mass is 249 g/mol. The van der Waals surface area contributed by atoms with Crippen molar-refractivity contribution in [2.24, 2.45) is 0 Å².